The largest absolute Gasteiger partial charge is 0.494 e. The van der Waals surface area contributed by atoms with Gasteiger partial charge in [-0.3, -0.25) is 4.79 Å². The Bertz CT molecular complexity index is 1230. The van der Waals surface area contributed by atoms with Crippen molar-refractivity contribution in [3.63, 3.8) is 0 Å². The third-order valence-corrected chi connectivity index (χ3v) is 5.33. The number of benzene rings is 3. The maximum absolute atomic E-state index is 12.3. The van der Waals surface area contributed by atoms with Crippen molar-refractivity contribution in [3.05, 3.63) is 101 Å². The van der Waals surface area contributed by atoms with Gasteiger partial charge in [-0.25, -0.2) is 5.43 Å². The molecule has 0 bridgehead atoms. The second-order valence-corrected chi connectivity index (χ2v) is 7.84. The average Bonchev–Trinajstić information content (AvgIpc) is 3.14. The van der Waals surface area contributed by atoms with Gasteiger partial charge >= 0.3 is 0 Å². The van der Waals surface area contributed by atoms with Gasteiger partial charge < -0.3 is 9.30 Å². The highest BCUT2D eigenvalue weighted by Gasteiger charge is 2.08. The topological polar surface area (TPSA) is 55.6 Å². The van der Waals surface area contributed by atoms with E-state index >= 15 is 0 Å². The zero-order chi connectivity index (χ0) is 22.3. The second kappa shape index (κ2) is 10.2. The minimum atomic E-state index is -0.171. The molecule has 0 fully saturated rings. The summed E-state index contributed by atoms with van der Waals surface area (Å²) in [6, 6.07) is 23.5. The number of para-hydroxylation sites is 1. The van der Waals surface area contributed by atoms with Crippen molar-refractivity contribution >= 4 is 34.6 Å². The molecule has 0 aliphatic heterocycles. The number of halogens is 1. The summed E-state index contributed by atoms with van der Waals surface area (Å²) in [4.78, 5) is 12.3. The van der Waals surface area contributed by atoms with Gasteiger partial charge in [0.15, 0.2) is 0 Å². The zero-order valence-electron chi connectivity index (χ0n) is 17.8. The first-order valence-electron chi connectivity index (χ1n) is 10.5. The van der Waals surface area contributed by atoms with E-state index in [0.717, 1.165) is 44.9 Å². The summed E-state index contributed by atoms with van der Waals surface area (Å²) < 4.78 is 7.60. The minimum absolute atomic E-state index is 0.171. The molecule has 0 atom stereocenters. The standard InChI is InChI=1S/C26H24ClN3O2/c1-2-32-23-13-9-19(10-14-23)15-26(31)29-28-16-21-18-30(25-6-4-3-5-24(21)25)17-20-7-11-22(27)12-8-20/h3-14,16,18H,2,15,17H2,1H3,(H,29,31)/b28-16-. The molecule has 0 unspecified atom stereocenters. The number of hydrogen-bond donors (Lipinski definition) is 1. The maximum Gasteiger partial charge on any atom is 0.244 e. The lowest BCUT2D eigenvalue weighted by molar-refractivity contribution is -0.120. The van der Waals surface area contributed by atoms with Crippen LogP contribution in [0.15, 0.2) is 84.1 Å². The summed E-state index contributed by atoms with van der Waals surface area (Å²) in [5.41, 5.74) is 6.73. The summed E-state index contributed by atoms with van der Waals surface area (Å²) >= 11 is 6.00. The molecule has 1 N–H and O–H groups in total. The second-order valence-electron chi connectivity index (χ2n) is 7.40. The van der Waals surface area contributed by atoms with Crippen molar-refractivity contribution in [2.75, 3.05) is 6.61 Å². The lowest BCUT2D eigenvalue weighted by Gasteiger charge is -2.05. The van der Waals surface area contributed by atoms with Gasteiger partial charge in [0.05, 0.1) is 19.2 Å². The SMILES string of the molecule is CCOc1ccc(CC(=O)N/N=C\c2cn(Cc3ccc(Cl)cc3)c3ccccc23)cc1. The molecule has 1 heterocycles. The Morgan fingerprint density at radius 3 is 2.50 bits per heavy atom. The van der Waals surface area contributed by atoms with Crippen LogP contribution in [-0.4, -0.2) is 23.3 Å². The normalized spacial score (nSPS) is 11.2. The number of nitrogens with one attached hydrogen (secondary N) is 1. The number of amides is 1. The number of aromatic nitrogens is 1. The van der Waals surface area contributed by atoms with Crippen LogP contribution in [0.1, 0.15) is 23.6 Å². The van der Waals surface area contributed by atoms with Crippen molar-refractivity contribution in [3.8, 4) is 5.75 Å². The molecule has 3 aromatic carbocycles. The summed E-state index contributed by atoms with van der Waals surface area (Å²) in [6.45, 7) is 3.27. The fourth-order valence-electron chi connectivity index (χ4n) is 3.56. The quantitative estimate of drug-likeness (QED) is 0.290. The van der Waals surface area contributed by atoms with Gasteiger partial charge in [-0.1, -0.05) is 54.1 Å². The molecule has 0 aliphatic carbocycles. The summed E-state index contributed by atoms with van der Waals surface area (Å²) in [7, 11) is 0. The van der Waals surface area contributed by atoms with Crippen molar-refractivity contribution < 1.29 is 9.53 Å². The van der Waals surface area contributed by atoms with Crippen LogP contribution in [0, 0.1) is 0 Å². The zero-order valence-corrected chi connectivity index (χ0v) is 18.5. The first-order chi connectivity index (χ1) is 15.6. The van der Waals surface area contributed by atoms with Crippen molar-refractivity contribution in [1.29, 1.82) is 0 Å². The molecular formula is C26H24ClN3O2. The number of carbonyl (C=O) groups is 1. The van der Waals surface area contributed by atoms with Gasteiger partial charge in [0.2, 0.25) is 5.91 Å². The van der Waals surface area contributed by atoms with Crippen LogP contribution in [0.3, 0.4) is 0 Å². The molecular weight excluding hydrogens is 422 g/mol. The molecule has 1 aromatic heterocycles. The molecule has 0 spiro atoms. The predicted molar refractivity (Wildman–Crippen MR) is 130 cm³/mol. The molecule has 0 radical (unpaired) electrons. The fourth-order valence-corrected chi connectivity index (χ4v) is 3.69. The maximum atomic E-state index is 12.3. The molecule has 0 saturated heterocycles. The van der Waals surface area contributed by atoms with E-state index in [9.17, 15) is 4.79 Å². The van der Waals surface area contributed by atoms with E-state index in [2.05, 4.69) is 27.2 Å². The van der Waals surface area contributed by atoms with Crippen molar-refractivity contribution in [2.24, 2.45) is 5.10 Å². The minimum Gasteiger partial charge on any atom is -0.494 e. The van der Waals surface area contributed by atoms with Gasteiger partial charge in [0, 0.05) is 34.2 Å². The van der Waals surface area contributed by atoms with E-state index in [1.807, 2.05) is 73.8 Å². The Balaban J connectivity index is 1.44. The van der Waals surface area contributed by atoms with Crippen LogP contribution in [0.4, 0.5) is 0 Å². The van der Waals surface area contributed by atoms with E-state index in [0.29, 0.717) is 6.61 Å². The van der Waals surface area contributed by atoms with Crippen molar-refractivity contribution in [2.45, 2.75) is 19.9 Å². The lowest BCUT2D eigenvalue weighted by atomic mass is 10.1. The fraction of sp³-hybridized carbons (Fsp3) is 0.154. The van der Waals surface area contributed by atoms with Crippen LogP contribution >= 0.6 is 11.6 Å². The first-order valence-corrected chi connectivity index (χ1v) is 10.9. The van der Waals surface area contributed by atoms with Crippen LogP contribution in [0.5, 0.6) is 5.75 Å². The number of ether oxygens (including phenoxy) is 1. The number of nitrogens with zero attached hydrogens (tertiary/aromatic N) is 2. The van der Waals surface area contributed by atoms with E-state index in [4.69, 9.17) is 16.3 Å². The number of hydrazone groups is 1. The monoisotopic (exact) mass is 445 g/mol. The van der Waals surface area contributed by atoms with Gasteiger partial charge in [0.25, 0.3) is 0 Å². The number of hydrogen-bond acceptors (Lipinski definition) is 3. The van der Waals surface area contributed by atoms with Gasteiger partial charge in [-0.2, -0.15) is 5.10 Å². The molecule has 32 heavy (non-hydrogen) atoms. The highest BCUT2D eigenvalue weighted by Crippen LogP contribution is 2.22. The van der Waals surface area contributed by atoms with Crippen LogP contribution < -0.4 is 10.2 Å². The average molecular weight is 446 g/mol. The molecule has 1 amide bonds. The molecule has 4 aromatic rings. The Hall–Kier alpha value is -3.57. The third kappa shape index (κ3) is 5.37. The molecule has 162 valence electrons. The van der Waals surface area contributed by atoms with Gasteiger partial charge in [-0.05, 0) is 48.4 Å². The predicted octanol–water partition coefficient (Wildman–Crippen LogP) is 5.43. The van der Waals surface area contributed by atoms with E-state index < -0.39 is 0 Å². The van der Waals surface area contributed by atoms with E-state index in [-0.39, 0.29) is 12.3 Å². The molecule has 4 rings (SSSR count). The molecule has 5 nitrogen and oxygen atoms in total. The number of fused-ring (bicyclic) bond motifs is 1. The molecule has 6 heteroatoms. The number of rotatable bonds is 8. The Morgan fingerprint density at radius 1 is 1.03 bits per heavy atom. The highest BCUT2D eigenvalue weighted by atomic mass is 35.5. The Labute approximate surface area is 192 Å². The Kier molecular flexibility index (Phi) is 6.87. The summed E-state index contributed by atoms with van der Waals surface area (Å²) in [5, 5.41) is 5.98. The van der Waals surface area contributed by atoms with Crippen molar-refractivity contribution in [1.82, 2.24) is 9.99 Å². The lowest BCUT2D eigenvalue weighted by Crippen LogP contribution is -2.19. The highest BCUT2D eigenvalue weighted by molar-refractivity contribution is 6.30. The molecule has 0 aliphatic rings. The summed E-state index contributed by atoms with van der Waals surface area (Å²) in [5.74, 6) is 0.625. The smallest absolute Gasteiger partial charge is 0.244 e. The van der Waals surface area contributed by atoms with E-state index in [1.165, 1.54) is 0 Å². The third-order valence-electron chi connectivity index (χ3n) is 5.08. The van der Waals surface area contributed by atoms with Gasteiger partial charge in [0.1, 0.15) is 5.75 Å². The molecule has 0 saturated carbocycles. The van der Waals surface area contributed by atoms with E-state index in [1.54, 1.807) is 6.21 Å². The first kappa shape index (κ1) is 21.7. The number of carbonyl (C=O) groups excluding carboxylic acids is 1. The summed E-state index contributed by atoms with van der Waals surface area (Å²) in [6.07, 6.45) is 3.99. The van der Waals surface area contributed by atoms with Crippen LogP contribution in [-0.2, 0) is 17.8 Å². The van der Waals surface area contributed by atoms with Crippen LogP contribution in [0.2, 0.25) is 5.02 Å². The van der Waals surface area contributed by atoms with Gasteiger partial charge in [-0.15, -0.1) is 0 Å². The Morgan fingerprint density at radius 2 is 1.75 bits per heavy atom. The van der Waals surface area contributed by atoms with Crippen LogP contribution in [0.25, 0.3) is 10.9 Å².